The first kappa shape index (κ1) is 15.7. The second-order valence-corrected chi connectivity index (χ2v) is 5.23. The molecule has 0 radical (unpaired) electrons. The minimum Gasteiger partial charge on any atom is -0.374 e. The van der Waals surface area contributed by atoms with Gasteiger partial charge in [0.1, 0.15) is 6.04 Å². The van der Waals surface area contributed by atoms with Crippen molar-refractivity contribution in [2.75, 3.05) is 5.32 Å². The van der Waals surface area contributed by atoms with E-state index in [0.29, 0.717) is 0 Å². The van der Waals surface area contributed by atoms with Gasteiger partial charge in [-0.25, -0.2) is 0 Å². The van der Waals surface area contributed by atoms with Crippen molar-refractivity contribution in [2.45, 2.75) is 25.9 Å². The highest BCUT2D eigenvalue weighted by Gasteiger charge is 2.15. The molecule has 0 aromatic heterocycles. The Morgan fingerprint density at radius 1 is 1.09 bits per heavy atom. The number of benzene rings is 2. The Hall–Kier alpha value is -2.73. The van der Waals surface area contributed by atoms with Crippen LogP contribution in [0.25, 0.3) is 0 Å². The van der Waals surface area contributed by atoms with Crippen LogP contribution in [0.1, 0.15) is 31.0 Å². The number of anilines is 1. The lowest BCUT2D eigenvalue weighted by molar-refractivity contribution is -0.122. The predicted octanol–water partition coefficient (Wildman–Crippen LogP) is 3.35. The van der Waals surface area contributed by atoms with Crippen molar-refractivity contribution in [1.29, 1.82) is 0 Å². The van der Waals surface area contributed by atoms with Crippen LogP contribution in [-0.2, 0) is 4.79 Å². The van der Waals surface area contributed by atoms with Crippen LogP contribution in [0.3, 0.4) is 0 Å². The van der Waals surface area contributed by atoms with Crippen LogP contribution in [0, 0.1) is 12.3 Å². The van der Waals surface area contributed by atoms with Gasteiger partial charge in [-0.3, -0.25) is 4.79 Å². The molecule has 3 heteroatoms. The third-order valence-corrected chi connectivity index (χ3v) is 3.46. The van der Waals surface area contributed by atoms with Crippen molar-refractivity contribution in [2.24, 2.45) is 0 Å². The summed E-state index contributed by atoms with van der Waals surface area (Å²) >= 11 is 0. The summed E-state index contributed by atoms with van der Waals surface area (Å²) in [4.78, 5) is 12.3. The zero-order valence-electron chi connectivity index (χ0n) is 12.8. The summed E-state index contributed by atoms with van der Waals surface area (Å²) in [6, 6.07) is 17.0. The molecule has 0 fully saturated rings. The molecule has 0 spiro atoms. The molecule has 0 saturated carbocycles. The van der Waals surface area contributed by atoms with Crippen LogP contribution < -0.4 is 10.6 Å². The van der Waals surface area contributed by atoms with Gasteiger partial charge in [0.05, 0.1) is 6.04 Å². The van der Waals surface area contributed by atoms with Gasteiger partial charge in [-0.05, 0) is 37.6 Å². The minimum atomic E-state index is -0.348. The summed E-state index contributed by atoms with van der Waals surface area (Å²) in [5.41, 5.74) is 2.71. The highest BCUT2D eigenvalue weighted by molar-refractivity contribution is 5.84. The van der Waals surface area contributed by atoms with E-state index in [4.69, 9.17) is 6.42 Å². The van der Waals surface area contributed by atoms with Crippen LogP contribution >= 0.6 is 0 Å². The lowest BCUT2D eigenvalue weighted by Crippen LogP contribution is -2.38. The van der Waals surface area contributed by atoms with Crippen molar-refractivity contribution >= 4 is 11.6 Å². The molecular formula is C19H20N2O. The highest BCUT2D eigenvalue weighted by atomic mass is 16.2. The van der Waals surface area contributed by atoms with E-state index >= 15 is 0 Å². The van der Waals surface area contributed by atoms with Gasteiger partial charge < -0.3 is 10.6 Å². The average molecular weight is 292 g/mol. The topological polar surface area (TPSA) is 41.1 Å². The second kappa shape index (κ2) is 7.33. The fourth-order valence-corrected chi connectivity index (χ4v) is 2.18. The Kier molecular flexibility index (Phi) is 5.21. The number of carbonyl (C=O) groups excluding carboxylic acids is 1. The van der Waals surface area contributed by atoms with Gasteiger partial charge >= 0.3 is 0 Å². The number of rotatable bonds is 5. The second-order valence-electron chi connectivity index (χ2n) is 5.23. The molecule has 1 amide bonds. The van der Waals surface area contributed by atoms with Gasteiger partial charge in [0.15, 0.2) is 0 Å². The summed E-state index contributed by atoms with van der Waals surface area (Å²) in [6.07, 6.45) is 5.38. The van der Waals surface area contributed by atoms with Gasteiger partial charge in [0, 0.05) is 11.3 Å². The Morgan fingerprint density at radius 3 is 2.50 bits per heavy atom. The summed E-state index contributed by atoms with van der Waals surface area (Å²) in [5, 5.41) is 6.17. The van der Waals surface area contributed by atoms with Crippen LogP contribution in [0.4, 0.5) is 5.69 Å². The van der Waals surface area contributed by atoms with Crippen molar-refractivity contribution in [3.63, 3.8) is 0 Å². The van der Waals surface area contributed by atoms with Crippen LogP contribution in [0.2, 0.25) is 0 Å². The van der Waals surface area contributed by atoms with Gasteiger partial charge in [0.2, 0.25) is 5.91 Å². The molecule has 2 rings (SSSR count). The molecule has 2 aromatic carbocycles. The van der Waals surface area contributed by atoms with Crippen LogP contribution in [0.15, 0.2) is 54.6 Å². The zero-order valence-corrected chi connectivity index (χ0v) is 12.8. The molecule has 0 heterocycles. The molecule has 0 bridgehead atoms. The molecular weight excluding hydrogens is 272 g/mol. The Morgan fingerprint density at radius 2 is 1.82 bits per heavy atom. The third kappa shape index (κ3) is 4.13. The summed E-state index contributed by atoms with van der Waals surface area (Å²) in [6.45, 7) is 3.80. The quantitative estimate of drug-likeness (QED) is 0.830. The average Bonchev–Trinajstić information content (AvgIpc) is 2.55. The smallest absolute Gasteiger partial charge is 0.242 e. The van der Waals surface area contributed by atoms with Crippen molar-refractivity contribution < 1.29 is 4.79 Å². The Bertz CT molecular complexity index is 673. The van der Waals surface area contributed by atoms with E-state index in [0.717, 1.165) is 16.8 Å². The minimum absolute atomic E-state index is 0.0324. The van der Waals surface area contributed by atoms with Crippen LogP contribution in [-0.4, -0.2) is 11.9 Å². The molecule has 0 aliphatic carbocycles. The number of nitrogens with one attached hydrogen (secondary N) is 2. The Labute approximate surface area is 131 Å². The van der Waals surface area contributed by atoms with Gasteiger partial charge in [-0.1, -0.05) is 42.3 Å². The normalized spacial score (nSPS) is 12.8. The molecule has 0 unspecified atom stereocenters. The molecule has 112 valence electrons. The molecule has 2 aromatic rings. The maximum Gasteiger partial charge on any atom is 0.242 e. The first-order valence-electron chi connectivity index (χ1n) is 7.28. The van der Waals surface area contributed by atoms with Gasteiger partial charge in [0.25, 0.3) is 0 Å². The number of carbonyl (C=O) groups is 1. The van der Waals surface area contributed by atoms with E-state index in [2.05, 4.69) is 16.6 Å². The number of hydrogen-bond acceptors (Lipinski definition) is 2. The first-order chi connectivity index (χ1) is 10.6. The first-order valence-corrected chi connectivity index (χ1v) is 7.28. The summed E-state index contributed by atoms with van der Waals surface area (Å²) in [5.74, 6) is 2.53. The summed E-state index contributed by atoms with van der Waals surface area (Å²) in [7, 11) is 0. The van der Waals surface area contributed by atoms with E-state index in [1.165, 1.54) is 0 Å². The maximum absolute atomic E-state index is 12.3. The molecule has 2 N–H and O–H groups in total. The number of hydrogen-bond donors (Lipinski definition) is 2. The fraction of sp³-hybridized carbons (Fsp3) is 0.211. The summed E-state index contributed by atoms with van der Waals surface area (Å²) < 4.78 is 0. The SMILES string of the molecule is C#Cc1cccc(N[C@@H](C)C(=O)N[C@@H](C)c2ccccc2)c1. The standard InChI is InChI=1S/C19H20N2O/c1-4-16-9-8-12-18(13-16)20-15(3)19(22)21-14(2)17-10-6-5-7-11-17/h1,5-15,20H,2-3H3,(H,21,22)/t14-,15-/m0/s1. The fourth-order valence-electron chi connectivity index (χ4n) is 2.18. The molecule has 0 aliphatic rings. The lowest BCUT2D eigenvalue weighted by atomic mass is 10.1. The number of terminal acetylenes is 1. The van der Waals surface area contributed by atoms with Crippen LogP contribution in [0.5, 0.6) is 0 Å². The third-order valence-electron chi connectivity index (χ3n) is 3.46. The van der Waals surface area contributed by atoms with Gasteiger partial charge in [-0.15, -0.1) is 6.42 Å². The number of amides is 1. The molecule has 0 aliphatic heterocycles. The molecule has 3 nitrogen and oxygen atoms in total. The molecule has 2 atom stereocenters. The monoisotopic (exact) mass is 292 g/mol. The van der Waals surface area contributed by atoms with Gasteiger partial charge in [-0.2, -0.15) is 0 Å². The van der Waals surface area contributed by atoms with Crippen molar-refractivity contribution in [3.05, 3.63) is 65.7 Å². The highest BCUT2D eigenvalue weighted by Crippen LogP contribution is 2.13. The zero-order chi connectivity index (χ0) is 15.9. The Balaban J connectivity index is 1.96. The van der Waals surface area contributed by atoms with E-state index in [1.54, 1.807) is 0 Å². The maximum atomic E-state index is 12.3. The molecule has 0 saturated heterocycles. The predicted molar refractivity (Wildman–Crippen MR) is 90.5 cm³/mol. The van der Waals surface area contributed by atoms with E-state index in [9.17, 15) is 4.79 Å². The molecule has 22 heavy (non-hydrogen) atoms. The largest absolute Gasteiger partial charge is 0.374 e. The lowest BCUT2D eigenvalue weighted by Gasteiger charge is -2.19. The van der Waals surface area contributed by atoms with Crippen molar-refractivity contribution in [3.8, 4) is 12.3 Å². The van der Waals surface area contributed by atoms with Crippen molar-refractivity contribution in [1.82, 2.24) is 5.32 Å². The van der Waals surface area contributed by atoms with E-state index < -0.39 is 0 Å². The van der Waals surface area contributed by atoms with E-state index in [1.807, 2.05) is 68.4 Å². The van der Waals surface area contributed by atoms with E-state index in [-0.39, 0.29) is 18.0 Å².